The minimum absolute atomic E-state index is 0.126. The summed E-state index contributed by atoms with van der Waals surface area (Å²) in [6, 6.07) is 7.25. The molecule has 2 aromatic heterocycles. The SMILES string of the molecule is CCCCCCCCCCCCCCCCCCOC(=O)C[C@@H]1N=C(c2ccc(Cl)cc2)c2c(sc(C)c2C)-n2c(C)nnc21. The van der Waals surface area contributed by atoms with Gasteiger partial charge in [-0.1, -0.05) is 127 Å². The van der Waals surface area contributed by atoms with E-state index in [-0.39, 0.29) is 12.4 Å². The first kappa shape index (κ1) is 35.3. The fraction of sp³-hybridized carbons (Fsp3) is 0.622. The van der Waals surface area contributed by atoms with Gasteiger partial charge in [-0.15, -0.1) is 21.5 Å². The number of carbonyl (C=O) groups excluding carboxylic acids is 1. The number of halogens is 1. The number of aliphatic imine (C=N–C) groups is 1. The average molecular weight is 653 g/mol. The van der Waals surface area contributed by atoms with Crippen LogP contribution in [0.2, 0.25) is 5.02 Å². The predicted molar refractivity (Wildman–Crippen MR) is 188 cm³/mol. The lowest BCUT2D eigenvalue weighted by molar-refractivity contribution is -0.144. The molecule has 0 saturated heterocycles. The zero-order chi connectivity index (χ0) is 32.0. The van der Waals surface area contributed by atoms with Crippen molar-refractivity contribution < 1.29 is 9.53 Å². The minimum atomic E-state index is -0.491. The van der Waals surface area contributed by atoms with Crippen LogP contribution in [-0.4, -0.2) is 33.1 Å². The Morgan fingerprint density at radius 2 is 1.38 bits per heavy atom. The molecule has 6 nitrogen and oxygen atoms in total. The van der Waals surface area contributed by atoms with Crippen LogP contribution in [0.5, 0.6) is 0 Å². The number of esters is 1. The molecular formula is C37H53ClN4O2S. The van der Waals surface area contributed by atoms with Crippen LogP contribution in [0, 0.1) is 20.8 Å². The molecule has 8 heteroatoms. The Morgan fingerprint density at radius 1 is 0.822 bits per heavy atom. The first-order chi connectivity index (χ1) is 21.9. The largest absolute Gasteiger partial charge is 0.466 e. The third-order valence-corrected chi connectivity index (χ3v) is 10.4. The van der Waals surface area contributed by atoms with E-state index in [2.05, 4.69) is 35.5 Å². The van der Waals surface area contributed by atoms with Crippen molar-refractivity contribution in [1.82, 2.24) is 14.8 Å². The molecule has 45 heavy (non-hydrogen) atoms. The second kappa shape index (κ2) is 18.6. The van der Waals surface area contributed by atoms with Gasteiger partial charge in [0.15, 0.2) is 5.82 Å². The number of hydrogen-bond acceptors (Lipinski definition) is 6. The quantitative estimate of drug-likeness (QED) is 0.0899. The molecule has 0 spiro atoms. The normalized spacial score (nSPS) is 14.2. The van der Waals surface area contributed by atoms with Crippen LogP contribution in [-0.2, 0) is 9.53 Å². The lowest BCUT2D eigenvalue weighted by Crippen LogP contribution is -2.14. The van der Waals surface area contributed by atoms with E-state index in [4.69, 9.17) is 21.3 Å². The molecule has 0 unspecified atom stereocenters. The van der Waals surface area contributed by atoms with Crippen molar-refractivity contribution >= 4 is 34.6 Å². The van der Waals surface area contributed by atoms with Crippen molar-refractivity contribution in [3.05, 3.63) is 62.5 Å². The summed E-state index contributed by atoms with van der Waals surface area (Å²) in [6.07, 6.45) is 21.3. The Bertz CT molecular complexity index is 1380. The molecule has 0 fully saturated rings. The van der Waals surface area contributed by atoms with E-state index in [1.54, 1.807) is 11.3 Å². The molecule has 0 radical (unpaired) electrons. The minimum Gasteiger partial charge on any atom is -0.466 e. The van der Waals surface area contributed by atoms with Gasteiger partial charge in [0.05, 0.1) is 18.7 Å². The molecule has 4 rings (SSSR count). The van der Waals surface area contributed by atoms with Crippen LogP contribution in [0.25, 0.3) is 5.00 Å². The summed E-state index contributed by atoms with van der Waals surface area (Å²) in [7, 11) is 0. The van der Waals surface area contributed by atoms with Crippen molar-refractivity contribution in [3.8, 4) is 5.00 Å². The summed E-state index contributed by atoms with van der Waals surface area (Å²) in [5, 5.41) is 10.6. The highest BCUT2D eigenvalue weighted by Gasteiger charge is 2.32. The van der Waals surface area contributed by atoms with Gasteiger partial charge in [0, 0.05) is 21.0 Å². The first-order valence-electron chi connectivity index (χ1n) is 17.4. The molecule has 0 aliphatic carbocycles. The van der Waals surface area contributed by atoms with Crippen LogP contribution in [0.1, 0.15) is 155 Å². The summed E-state index contributed by atoms with van der Waals surface area (Å²) < 4.78 is 7.77. The van der Waals surface area contributed by atoms with Gasteiger partial charge in [0.1, 0.15) is 16.9 Å². The molecule has 1 aliphatic heterocycles. The summed E-state index contributed by atoms with van der Waals surface area (Å²) in [6.45, 7) is 8.94. The number of aryl methyl sites for hydroxylation is 2. The number of thiophene rings is 1. The highest BCUT2D eigenvalue weighted by atomic mass is 35.5. The van der Waals surface area contributed by atoms with E-state index in [1.807, 2.05) is 31.2 Å². The second-order valence-electron chi connectivity index (χ2n) is 12.6. The molecule has 1 aromatic carbocycles. The van der Waals surface area contributed by atoms with Crippen molar-refractivity contribution in [2.24, 2.45) is 4.99 Å². The van der Waals surface area contributed by atoms with Gasteiger partial charge in [-0.25, -0.2) is 0 Å². The predicted octanol–water partition coefficient (Wildman–Crippen LogP) is 11.0. The molecule has 0 bridgehead atoms. The van der Waals surface area contributed by atoms with E-state index in [0.717, 1.165) is 40.5 Å². The van der Waals surface area contributed by atoms with Crippen molar-refractivity contribution in [3.63, 3.8) is 0 Å². The molecule has 0 amide bonds. The average Bonchev–Trinajstić information content (AvgIpc) is 3.50. The van der Waals surface area contributed by atoms with Gasteiger partial charge in [0.25, 0.3) is 0 Å². The van der Waals surface area contributed by atoms with E-state index in [1.165, 1.54) is 100 Å². The highest BCUT2D eigenvalue weighted by Crippen LogP contribution is 2.39. The summed E-state index contributed by atoms with van der Waals surface area (Å²) in [5.41, 5.74) is 4.05. The number of ether oxygens (including phenoxy) is 1. The van der Waals surface area contributed by atoms with Crippen LogP contribution in [0.4, 0.5) is 0 Å². The molecule has 3 aromatic rings. The van der Waals surface area contributed by atoms with Gasteiger partial charge < -0.3 is 4.74 Å². The van der Waals surface area contributed by atoms with Crippen LogP contribution in [0.15, 0.2) is 29.3 Å². The zero-order valence-corrected chi connectivity index (χ0v) is 29.6. The number of aromatic nitrogens is 3. The second-order valence-corrected chi connectivity index (χ2v) is 14.3. The smallest absolute Gasteiger partial charge is 0.308 e. The fourth-order valence-electron chi connectivity index (χ4n) is 6.19. The lowest BCUT2D eigenvalue weighted by Gasteiger charge is -2.13. The molecule has 1 aliphatic rings. The van der Waals surface area contributed by atoms with Crippen molar-refractivity contribution in [2.45, 2.75) is 143 Å². The maximum Gasteiger partial charge on any atom is 0.308 e. The fourth-order valence-corrected chi connectivity index (χ4v) is 7.53. The number of benzene rings is 1. The topological polar surface area (TPSA) is 69.4 Å². The number of rotatable bonds is 20. The third kappa shape index (κ3) is 10.2. The Labute approximate surface area is 280 Å². The van der Waals surface area contributed by atoms with Crippen molar-refractivity contribution in [2.75, 3.05) is 6.61 Å². The van der Waals surface area contributed by atoms with Gasteiger partial charge in [-0.05, 0) is 44.9 Å². The third-order valence-electron chi connectivity index (χ3n) is 8.98. The maximum absolute atomic E-state index is 13.1. The Balaban J connectivity index is 1.20. The van der Waals surface area contributed by atoms with E-state index < -0.39 is 6.04 Å². The van der Waals surface area contributed by atoms with E-state index in [0.29, 0.717) is 17.5 Å². The van der Waals surface area contributed by atoms with E-state index >= 15 is 0 Å². The number of unbranched alkanes of at least 4 members (excludes halogenated alkanes) is 15. The first-order valence-corrected chi connectivity index (χ1v) is 18.6. The van der Waals surface area contributed by atoms with Gasteiger partial charge in [-0.3, -0.25) is 14.4 Å². The Morgan fingerprint density at radius 3 is 1.96 bits per heavy atom. The molecule has 0 saturated carbocycles. The monoisotopic (exact) mass is 652 g/mol. The van der Waals surface area contributed by atoms with Gasteiger partial charge in [0.2, 0.25) is 0 Å². The molecule has 3 heterocycles. The summed E-state index contributed by atoms with van der Waals surface area (Å²) >= 11 is 7.92. The van der Waals surface area contributed by atoms with Crippen LogP contribution >= 0.6 is 22.9 Å². The number of carbonyl (C=O) groups is 1. The number of fused-ring (bicyclic) bond motifs is 3. The molecule has 1 atom stereocenters. The summed E-state index contributed by atoms with van der Waals surface area (Å²) in [5.74, 6) is 1.22. The number of nitrogens with zero attached hydrogens (tertiary/aromatic N) is 4. The Hall–Kier alpha value is -2.51. The van der Waals surface area contributed by atoms with Crippen molar-refractivity contribution in [1.29, 1.82) is 0 Å². The number of hydrogen-bond donors (Lipinski definition) is 0. The van der Waals surface area contributed by atoms with Crippen LogP contribution < -0.4 is 0 Å². The summed E-state index contributed by atoms with van der Waals surface area (Å²) in [4.78, 5) is 19.4. The van der Waals surface area contributed by atoms with Gasteiger partial charge in [-0.2, -0.15) is 0 Å². The zero-order valence-electron chi connectivity index (χ0n) is 28.0. The lowest BCUT2D eigenvalue weighted by atomic mass is 9.99. The molecular weight excluding hydrogens is 600 g/mol. The van der Waals surface area contributed by atoms with E-state index in [9.17, 15) is 4.79 Å². The standard InChI is InChI=1S/C37H53ClN4O2S/c1-5-6-7-8-9-10-11-12-13-14-15-16-17-18-19-20-25-44-33(43)26-32-36-41-40-29(4)42(36)37-34(27(2)28(3)45-37)35(39-32)30-21-23-31(38)24-22-30/h21-24,32H,5-20,25-26H2,1-4H3/t32-/m0/s1. The maximum atomic E-state index is 13.1. The van der Waals surface area contributed by atoms with Gasteiger partial charge >= 0.3 is 5.97 Å². The van der Waals surface area contributed by atoms with Crippen LogP contribution in [0.3, 0.4) is 0 Å². The highest BCUT2D eigenvalue weighted by molar-refractivity contribution is 7.15. The molecule has 0 N–H and O–H groups in total. The Kier molecular flexibility index (Phi) is 14.6. The molecule has 246 valence electrons.